The minimum Gasteiger partial charge on any atom is -0.497 e. The number of benzene rings is 2. The predicted molar refractivity (Wildman–Crippen MR) is 111 cm³/mol. The number of methoxy groups -OCH3 is 1. The molecule has 0 radical (unpaired) electrons. The van der Waals surface area contributed by atoms with Gasteiger partial charge in [0.25, 0.3) is 5.91 Å². The largest absolute Gasteiger partial charge is 0.497 e. The van der Waals surface area contributed by atoms with Gasteiger partial charge in [-0.2, -0.15) is 0 Å². The van der Waals surface area contributed by atoms with Gasteiger partial charge in [-0.1, -0.05) is 23.5 Å². The molecule has 3 aromatic rings. The van der Waals surface area contributed by atoms with Crippen LogP contribution in [0.1, 0.15) is 21.5 Å². The van der Waals surface area contributed by atoms with Crippen molar-refractivity contribution in [3.05, 3.63) is 53.1 Å². The standard InChI is InChI=1S/C21H25N3O2S/c1-14-9-10-18-19(15(14)2)22-21(27-18)24(12-11-23(3)4)20(25)16-7-6-8-17(13-16)26-5/h6-10,13H,11-12H2,1-5H3/p+1. The van der Waals surface area contributed by atoms with Crippen LogP contribution in [0, 0.1) is 13.8 Å². The van der Waals surface area contributed by atoms with Crippen molar-refractivity contribution in [2.75, 3.05) is 39.2 Å². The van der Waals surface area contributed by atoms with E-state index in [0.29, 0.717) is 17.9 Å². The highest BCUT2D eigenvalue weighted by molar-refractivity contribution is 7.22. The van der Waals surface area contributed by atoms with Crippen LogP contribution in [0.25, 0.3) is 10.2 Å². The van der Waals surface area contributed by atoms with E-state index >= 15 is 0 Å². The fourth-order valence-electron chi connectivity index (χ4n) is 2.86. The molecule has 1 heterocycles. The van der Waals surface area contributed by atoms with E-state index in [1.54, 1.807) is 29.4 Å². The summed E-state index contributed by atoms with van der Waals surface area (Å²) in [5.74, 6) is 0.624. The van der Waals surface area contributed by atoms with Crippen LogP contribution in [0.15, 0.2) is 36.4 Å². The molecule has 0 saturated heterocycles. The number of fused-ring (bicyclic) bond motifs is 1. The summed E-state index contributed by atoms with van der Waals surface area (Å²) in [6.07, 6.45) is 0. The minimum atomic E-state index is -0.0522. The first kappa shape index (κ1) is 19.3. The van der Waals surface area contributed by atoms with Crippen LogP contribution < -0.4 is 14.5 Å². The Morgan fingerprint density at radius 1 is 1.22 bits per heavy atom. The first-order chi connectivity index (χ1) is 12.9. The lowest BCUT2D eigenvalue weighted by Crippen LogP contribution is -3.06. The summed E-state index contributed by atoms with van der Waals surface area (Å²) in [6, 6.07) is 11.5. The van der Waals surface area contributed by atoms with Gasteiger partial charge in [0.15, 0.2) is 5.13 Å². The number of carbonyl (C=O) groups excluding carboxylic acids is 1. The van der Waals surface area contributed by atoms with Crippen molar-refractivity contribution in [2.45, 2.75) is 13.8 Å². The lowest BCUT2D eigenvalue weighted by Gasteiger charge is -2.21. The van der Waals surface area contributed by atoms with Crippen molar-refractivity contribution in [1.82, 2.24) is 4.98 Å². The first-order valence-corrected chi connectivity index (χ1v) is 9.84. The Balaban J connectivity index is 2.02. The molecule has 0 unspecified atom stereocenters. The minimum absolute atomic E-state index is 0.0522. The number of hydrogen-bond acceptors (Lipinski definition) is 4. The molecule has 142 valence electrons. The zero-order chi connectivity index (χ0) is 19.6. The molecule has 0 fully saturated rings. The van der Waals surface area contributed by atoms with Gasteiger partial charge in [-0.15, -0.1) is 0 Å². The molecule has 0 aliphatic heterocycles. The van der Waals surface area contributed by atoms with Crippen LogP contribution in [-0.4, -0.2) is 45.2 Å². The normalized spacial score (nSPS) is 11.2. The summed E-state index contributed by atoms with van der Waals surface area (Å²) in [4.78, 5) is 21.2. The maximum Gasteiger partial charge on any atom is 0.260 e. The number of aryl methyl sites for hydroxylation is 2. The summed E-state index contributed by atoms with van der Waals surface area (Å²) >= 11 is 1.57. The molecule has 27 heavy (non-hydrogen) atoms. The molecule has 0 atom stereocenters. The number of nitrogens with one attached hydrogen (secondary N) is 1. The Labute approximate surface area is 164 Å². The second kappa shape index (κ2) is 8.06. The number of aromatic nitrogens is 1. The average Bonchev–Trinajstić information content (AvgIpc) is 3.09. The average molecular weight is 385 g/mol. The third-order valence-electron chi connectivity index (χ3n) is 4.70. The molecular formula is C21H26N3O2S+. The number of quaternary nitrogens is 1. The molecule has 2 aromatic carbocycles. The van der Waals surface area contributed by atoms with Crippen molar-refractivity contribution in [3.8, 4) is 5.75 Å². The lowest BCUT2D eigenvalue weighted by atomic mass is 10.1. The van der Waals surface area contributed by atoms with Crippen molar-refractivity contribution in [1.29, 1.82) is 0 Å². The van der Waals surface area contributed by atoms with Crippen LogP contribution in [0.3, 0.4) is 0 Å². The predicted octanol–water partition coefficient (Wildman–Crippen LogP) is 2.71. The van der Waals surface area contributed by atoms with E-state index in [1.165, 1.54) is 16.0 Å². The molecule has 0 aliphatic carbocycles. The molecule has 0 saturated carbocycles. The highest BCUT2D eigenvalue weighted by Gasteiger charge is 2.23. The van der Waals surface area contributed by atoms with Crippen molar-refractivity contribution in [3.63, 3.8) is 0 Å². The lowest BCUT2D eigenvalue weighted by molar-refractivity contribution is -0.856. The summed E-state index contributed by atoms with van der Waals surface area (Å²) in [5.41, 5.74) is 3.97. The van der Waals surface area contributed by atoms with Gasteiger partial charge in [-0.25, -0.2) is 4.98 Å². The fraction of sp³-hybridized carbons (Fsp3) is 0.333. The number of carbonyl (C=O) groups is 1. The number of rotatable bonds is 6. The zero-order valence-corrected chi connectivity index (χ0v) is 17.3. The van der Waals surface area contributed by atoms with Gasteiger partial charge < -0.3 is 9.64 Å². The summed E-state index contributed by atoms with van der Waals surface area (Å²) < 4.78 is 6.38. The summed E-state index contributed by atoms with van der Waals surface area (Å²) in [6.45, 7) is 5.61. The SMILES string of the molecule is COc1cccc(C(=O)N(CC[NH+](C)C)c2nc3c(C)c(C)ccc3s2)c1. The van der Waals surface area contributed by atoms with Crippen LogP contribution in [0.5, 0.6) is 5.75 Å². The van der Waals surface area contributed by atoms with E-state index < -0.39 is 0 Å². The third kappa shape index (κ3) is 4.12. The van der Waals surface area contributed by atoms with E-state index in [0.717, 1.165) is 21.9 Å². The summed E-state index contributed by atoms with van der Waals surface area (Å²) in [7, 11) is 5.77. The third-order valence-corrected chi connectivity index (χ3v) is 5.75. The highest BCUT2D eigenvalue weighted by atomic mass is 32.1. The molecule has 6 heteroatoms. The maximum absolute atomic E-state index is 13.3. The molecule has 1 amide bonds. The smallest absolute Gasteiger partial charge is 0.260 e. The first-order valence-electron chi connectivity index (χ1n) is 9.02. The van der Waals surface area contributed by atoms with Crippen LogP contribution in [-0.2, 0) is 0 Å². The molecule has 5 nitrogen and oxygen atoms in total. The van der Waals surface area contributed by atoms with Gasteiger partial charge >= 0.3 is 0 Å². The van der Waals surface area contributed by atoms with Gasteiger partial charge in [0.05, 0.1) is 44.5 Å². The van der Waals surface area contributed by atoms with Gasteiger partial charge in [-0.05, 0) is 49.2 Å². The Hall–Kier alpha value is -2.44. The van der Waals surface area contributed by atoms with Crippen LogP contribution in [0.4, 0.5) is 5.13 Å². The zero-order valence-electron chi connectivity index (χ0n) is 16.5. The molecule has 0 bridgehead atoms. The number of thiazole rings is 1. The number of anilines is 1. The Morgan fingerprint density at radius 2 is 2.00 bits per heavy atom. The number of amides is 1. The molecule has 1 N–H and O–H groups in total. The van der Waals surface area contributed by atoms with Crippen molar-refractivity contribution >= 4 is 32.6 Å². The van der Waals surface area contributed by atoms with E-state index in [9.17, 15) is 4.79 Å². The van der Waals surface area contributed by atoms with Crippen molar-refractivity contribution in [2.24, 2.45) is 0 Å². The van der Waals surface area contributed by atoms with Crippen molar-refractivity contribution < 1.29 is 14.4 Å². The van der Waals surface area contributed by atoms with Crippen LogP contribution in [0.2, 0.25) is 0 Å². The molecule has 0 spiro atoms. The number of ether oxygens (including phenoxy) is 1. The topological polar surface area (TPSA) is 46.9 Å². The Morgan fingerprint density at radius 3 is 2.70 bits per heavy atom. The molecule has 1 aromatic heterocycles. The number of nitrogens with zero attached hydrogens (tertiary/aromatic N) is 2. The Bertz CT molecular complexity index is 965. The number of hydrogen-bond donors (Lipinski definition) is 1. The second-order valence-electron chi connectivity index (χ2n) is 7.00. The van der Waals surface area contributed by atoms with E-state index in [2.05, 4.69) is 40.1 Å². The van der Waals surface area contributed by atoms with E-state index in [4.69, 9.17) is 9.72 Å². The van der Waals surface area contributed by atoms with E-state index in [1.807, 2.05) is 18.2 Å². The Kier molecular flexibility index (Phi) is 5.77. The summed E-state index contributed by atoms with van der Waals surface area (Å²) in [5, 5.41) is 0.743. The monoisotopic (exact) mass is 384 g/mol. The van der Waals surface area contributed by atoms with E-state index in [-0.39, 0.29) is 5.91 Å². The fourth-order valence-corrected chi connectivity index (χ4v) is 3.91. The maximum atomic E-state index is 13.3. The van der Waals surface area contributed by atoms with Gasteiger partial charge in [0, 0.05) is 5.56 Å². The second-order valence-corrected chi connectivity index (χ2v) is 8.01. The molecule has 3 rings (SSSR count). The number of likely N-dealkylation sites (N-methyl/N-ethyl adjacent to an activating group) is 1. The van der Waals surface area contributed by atoms with Gasteiger partial charge in [0.2, 0.25) is 0 Å². The van der Waals surface area contributed by atoms with Crippen LogP contribution >= 0.6 is 11.3 Å². The molecule has 0 aliphatic rings. The quantitative estimate of drug-likeness (QED) is 0.711. The highest BCUT2D eigenvalue weighted by Crippen LogP contribution is 2.32. The van der Waals surface area contributed by atoms with Gasteiger partial charge in [-0.3, -0.25) is 9.69 Å². The van der Waals surface area contributed by atoms with Gasteiger partial charge in [0.1, 0.15) is 5.75 Å². The molecular weight excluding hydrogens is 358 g/mol.